The summed E-state index contributed by atoms with van der Waals surface area (Å²) >= 11 is 0. The molecule has 2 aromatic rings. The van der Waals surface area contributed by atoms with Crippen LogP contribution < -0.4 is 5.73 Å². The molecule has 68 valence electrons. The maximum absolute atomic E-state index is 9.53. The van der Waals surface area contributed by atoms with Crippen LogP contribution in [0.1, 0.15) is 11.8 Å². The van der Waals surface area contributed by atoms with Gasteiger partial charge in [-0.1, -0.05) is 6.07 Å². The van der Waals surface area contributed by atoms with Crippen molar-refractivity contribution in [2.75, 3.05) is 6.54 Å². The van der Waals surface area contributed by atoms with Crippen LogP contribution in [0.25, 0.3) is 5.65 Å². The average molecular weight is 177 g/mol. The number of imidazole rings is 1. The first-order valence-corrected chi connectivity index (χ1v) is 4.13. The zero-order valence-corrected chi connectivity index (χ0v) is 7.09. The van der Waals surface area contributed by atoms with Crippen LogP contribution in [-0.4, -0.2) is 21.0 Å². The molecule has 0 unspecified atom stereocenters. The largest absolute Gasteiger partial charge is 0.385 e. The molecule has 0 radical (unpaired) electrons. The Bertz CT molecular complexity index is 410. The van der Waals surface area contributed by atoms with Crippen LogP contribution in [0, 0.1) is 0 Å². The van der Waals surface area contributed by atoms with Gasteiger partial charge >= 0.3 is 0 Å². The molecule has 0 saturated carbocycles. The smallest absolute Gasteiger partial charge is 0.136 e. The van der Waals surface area contributed by atoms with Crippen LogP contribution in [0.15, 0.2) is 30.6 Å². The molecule has 0 bridgehead atoms. The average Bonchev–Trinajstić information content (AvgIpc) is 2.60. The van der Waals surface area contributed by atoms with Crippen molar-refractivity contribution in [3.05, 3.63) is 36.3 Å². The highest BCUT2D eigenvalue weighted by Crippen LogP contribution is 2.13. The molecule has 4 heteroatoms. The molecule has 0 aliphatic rings. The Hall–Kier alpha value is -1.39. The first-order chi connectivity index (χ1) is 6.33. The van der Waals surface area contributed by atoms with E-state index in [1.165, 1.54) is 0 Å². The van der Waals surface area contributed by atoms with E-state index in [9.17, 15) is 5.11 Å². The number of aliphatic hydroxyl groups excluding tert-OH is 1. The Labute approximate surface area is 75.6 Å². The summed E-state index contributed by atoms with van der Waals surface area (Å²) in [6.45, 7) is 0.211. The lowest BCUT2D eigenvalue weighted by Gasteiger charge is -2.06. The van der Waals surface area contributed by atoms with Crippen molar-refractivity contribution < 1.29 is 5.11 Å². The van der Waals surface area contributed by atoms with Gasteiger partial charge in [-0.25, -0.2) is 4.98 Å². The number of pyridine rings is 1. The number of rotatable bonds is 2. The predicted molar refractivity (Wildman–Crippen MR) is 49.2 cm³/mol. The van der Waals surface area contributed by atoms with Gasteiger partial charge in [0.25, 0.3) is 0 Å². The molecule has 0 amide bonds. The Morgan fingerprint density at radius 1 is 1.54 bits per heavy atom. The van der Waals surface area contributed by atoms with Gasteiger partial charge in [-0.2, -0.15) is 0 Å². The SMILES string of the molecule is NC[C@@H](O)c1cnc2ccccn12. The molecule has 0 aliphatic carbocycles. The third-order valence-corrected chi connectivity index (χ3v) is 2.01. The number of nitrogens with two attached hydrogens (primary N) is 1. The number of aromatic nitrogens is 2. The van der Waals surface area contributed by atoms with Gasteiger partial charge in [0.2, 0.25) is 0 Å². The summed E-state index contributed by atoms with van der Waals surface area (Å²) in [6.07, 6.45) is 2.86. The molecule has 4 nitrogen and oxygen atoms in total. The second-order valence-corrected chi connectivity index (χ2v) is 2.86. The highest BCUT2D eigenvalue weighted by atomic mass is 16.3. The fourth-order valence-electron chi connectivity index (χ4n) is 1.32. The first kappa shape index (κ1) is 8.22. The highest BCUT2D eigenvalue weighted by Gasteiger charge is 2.09. The second kappa shape index (κ2) is 3.16. The van der Waals surface area contributed by atoms with Crippen LogP contribution in [0.5, 0.6) is 0 Å². The van der Waals surface area contributed by atoms with Gasteiger partial charge in [0, 0.05) is 12.7 Å². The lowest BCUT2D eigenvalue weighted by Crippen LogP contribution is -2.13. The van der Waals surface area contributed by atoms with Gasteiger partial charge in [-0.15, -0.1) is 0 Å². The van der Waals surface area contributed by atoms with E-state index in [1.807, 2.05) is 28.8 Å². The maximum Gasteiger partial charge on any atom is 0.136 e. The summed E-state index contributed by atoms with van der Waals surface area (Å²) in [7, 11) is 0. The Balaban J connectivity index is 2.57. The van der Waals surface area contributed by atoms with Gasteiger partial charge in [0.15, 0.2) is 0 Å². The number of fused-ring (bicyclic) bond motifs is 1. The van der Waals surface area contributed by atoms with E-state index in [4.69, 9.17) is 5.73 Å². The lowest BCUT2D eigenvalue weighted by atomic mass is 10.3. The molecule has 3 N–H and O–H groups in total. The second-order valence-electron chi connectivity index (χ2n) is 2.86. The molecule has 2 rings (SSSR count). The number of nitrogens with zero attached hydrogens (tertiary/aromatic N) is 2. The Kier molecular flexibility index (Phi) is 2.00. The number of hydrogen-bond donors (Lipinski definition) is 2. The molecule has 1 atom stereocenters. The molecule has 0 aliphatic heterocycles. The molecule has 2 aromatic heterocycles. The minimum Gasteiger partial charge on any atom is -0.385 e. The molecular formula is C9H11N3O. The Morgan fingerprint density at radius 3 is 3.15 bits per heavy atom. The lowest BCUT2D eigenvalue weighted by molar-refractivity contribution is 0.181. The Morgan fingerprint density at radius 2 is 2.38 bits per heavy atom. The zero-order valence-electron chi connectivity index (χ0n) is 7.09. The predicted octanol–water partition coefficient (Wildman–Crippen LogP) is 0.326. The van der Waals surface area contributed by atoms with Crippen molar-refractivity contribution in [3.63, 3.8) is 0 Å². The topological polar surface area (TPSA) is 63.5 Å². The zero-order chi connectivity index (χ0) is 9.26. The van der Waals surface area contributed by atoms with E-state index in [0.717, 1.165) is 11.3 Å². The molecular weight excluding hydrogens is 166 g/mol. The van der Waals surface area contributed by atoms with Gasteiger partial charge in [0.1, 0.15) is 11.8 Å². The van der Waals surface area contributed by atoms with Crippen LogP contribution in [0.3, 0.4) is 0 Å². The van der Waals surface area contributed by atoms with Crippen molar-refractivity contribution in [3.8, 4) is 0 Å². The minimum atomic E-state index is -0.641. The molecule has 13 heavy (non-hydrogen) atoms. The van der Waals surface area contributed by atoms with Gasteiger partial charge in [-0.05, 0) is 12.1 Å². The van der Waals surface area contributed by atoms with Crippen LogP contribution >= 0.6 is 0 Å². The minimum absolute atomic E-state index is 0.211. The van der Waals surface area contributed by atoms with E-state index in [1.54, 1.807) is 6.20 Å². The summed E-state index contributed by atoms with van der Waals surface area (Å²) in [6, 6.07) is 5.68. The van der Waals surface area contributed by atoms with Gasteiger partial charge in [0.05, 0.1) is 11.9 Å². The number of aliphatic hydroxyl groups is 1. The molecule has 0 aromatic carbocycles. The fourth-order valence-corrected chi connectivity index (χ4v) is 1.32. The maximum atomic E-state index is 9.53. The molecule has 2 heterocycles. The normalized spacial score (nSPS) is 13.4. The van der Waals surface area contributed by atoms with Crippen LogP contribution in [0.2, 0.25) is 0 Å². The van der Waals surface area contributed by atoms with E-state index < -0.39 is 6.10 Å². The third kappa shape index (κ3) is 1.30. The summed E-state index contributed by atoms with van der Waals surface area (Å²) in [5.41, 5.74) is 6.92. The third-order valence-electron chi connectivity index (χ3n) is 2.01. The monoisotopic (exact) mass is 177 g/mol. The standard InChI is InChI=1S/C9H11N3O/c10-5-8(13)7-6-11-9-3-1-2-4-12(7)9/h1-4,6,8,13H,5,10H2/t8-/m1/s1. The summed E-state index contributed by atoms with van der Waals surface area (Å²) < 4.78 is 1.83. The fraction of sp³-hybridized carbons (Fsp3) is 0.222. The number of hydrogen-bond acceptors (Lipinski definition) is 3. The van der Waals surface area contributed by atoms with E-state index >= 15 is 0 Å². The van der Waals surface area contributed by atoms with Crippen molar-refractivity contribution >= 4 is 5.65 Å². The summed E-state index contributed by atoms with van der Waals surface area (Å²) in [5, 5.41) is 9.53. The van der Waals surface area contributed by atoms with Crippen molar-refractivity contribution in [2.24, 2.45) is 5.73 Å². The van der Waals surface area contributed by atoms with Gasteiger partial charge in [-0.3, -0.25) is 0 Å². The van der Waals surface area contributed by atoms with Crippen LogP contribution in [0.4, 0.5) is 0 Å². The van der Waals surface area contributed by atoms with E-state index in [-0.39, 0.29) is 6.54 Å². The quantitative estimate of drug-likeness (QED) is 0.694. The molecule has 0 spiro atoms. The summed E-state index contributed by atoms with van der Waals surface area (Å²) in [4.78, 5) is 4.14. The van der Waals surface area contributed by atoms with Gasteiger partial charge < -0.3 is 15.2 Å². The first-order valence-electron chi connectivity index (χ1n) is 4.13. The van der Waals surface area contributed by atoms with Crippen molar-refractivity contribution in [1.82, 2.24) is 9.38 Å². The van der Waals surface area contributed by atoms with Crippen LogP contribution in [-0.2, 0) is 0 Å². The summed E-state index contributed by atoms with van der Waals surface area (Å²) in [5.74, 6) is 0. The van der Waals surface area contributed by atoms with Crippen molar-refractivity contribution in [1.29, 1.82) is 0 Å². The van der Waals surface area contributed by atoms with Crippen molar-refractivity contribution in [2.45, 2.75) is 6.10 Å². The van der Waals surface area contributed by atoms with E-state index in [0.29, 0.717) is 0 Å². The molecule has 0 fully saturated rings. The van der Waals surface area contributed by atoms with E-state index in [2.05, 4.69) is 4.98 Å². The highest BCUT2D eigenvalue weighted by molar-refractivity contribution is 5.40. The molecule has 0 saturated heterocycles.